The lowest BCUT2D eigenvalue weighted by Gasteiger charge is -2.25. The quantitative estimate of drug-likeness (QED) is 0.763. The first-order valence-corrected chi connectivity index (χ1v) is 8.31. The molecule has 2 bridgehead atoms. The number of carbonyl (C=O) groups is 2. The molecule has 2 amide bonds. The molecule has 0 radical (unpaired) electrons. The summed E-state index contributed by atoms with van der Waals surface area (Å²) in [5, 5.41) is 16.8. The van der Waals surface area contributed by atoms with Gasteiger partial charge in [0.2, 0.25) is 5.91 Å². The highest BCUT2D eigenvalue weighted by atomic mass is 32.1. The van der Waals surface area contributed by atoms with Crippen LogP contribution in [0.15, 0.2) is 17.5 Å². The van der Waals surface area contributed by atoms with Crippen LogP contribution in [0, 0.1) is 11.8 Å². The monoisotopic (exact) mass is 308 g/mol. The van der Waals surface area contributed by atoms with E-state index in [0.717, 1.165) is 12.3 Å². The number of amides is 2. The van der Waals surface area contributed by atoms with E-state index in [1.807, 2.05) is 0 Å². The van der Waals surface area contributed by atoms with Crippen molar-refractivity contribution < 1.29 is 14.7 Å². The van der Waals surface area contributed by atoms with Gasteiger partial charge in [0.1, 0.15) is 6.04 Å². The fourth-order valence-corrected chi connectivity index (χ4v) is 4.16. The molecule has 3 unspecified atom stereocenters. The summed E-state index contributed by atoms with van der Waals surface area (Å²) in [5.74, 6) is 0.729. The van der Waals surface area contributed by atoms with Gasteiger partial charge in [0.25, 0.3) is 5.91 Å². The molecule has 114 valence electrons. The highest BCUT2D eigenvalue weighted by Crippen LogP contribution is 2.44. The van der Waals surface area contributed by atoms with Crippen molar-refractivity contribution in [1.29, 1.82) is 0 Å². The minimum Gasteiger partial charge on any atom is -0.394 e. The number of carbonyl (C=O) groups excluding carboxylic acids is 2. The standard InChI is InChI=1S/C15H20N2O3S/c18-8-12(17-15(20)13-2-1-5-21-13)14(19)16-11-7-9-3-4-10(11)6-9/h1-2,5,9-12,18H,3-4,6-8H2,(H,16,19)(H,17,20)/t9?,10?,11?,12-/m0/s1. The second kappa shape index (κ2) is 6.15. The van der Waals surface area contributed by atoms with Crippen LogP contribution in [0.25, 0.3) is 0 Å². The van der Waals surface area contributed by atoms with E-state index >= 15 is 0 Å². The second-order valence-corrected chi connectivity index (χ2v) is 6.92. The first-order valence-electron chi connectivity index (χ1n) is 7.43. The minimum atomic E-state index is -0.876. The molecule has 1 heterocycles. The van der Waals surface area contributed by atoms with Crippen LogP contribution in [-0.2, 0) is 4.79 Å². The third-order valence-corrected chi connectivity index (χ3v) is 5.48. The lowest BCUT2D eigenvalue weighted by atomic mass is 9.95. The van der Waals surface area contributed by atoms with E-state index < -0.39 is 6.04 Å². The highest BCUT2D eigenvalue weighted by molar-refractivity contribution is 7.12. The molecule has 2 aliphatic carbocycles. The maximum absolute atomic E-state index is 12.2. The minimum absolute atomic E-state index is 0.212. The highest BCUT2D eigenvalue weighted by Gasteiger charge is 2.40. The summed E-state index contributed by atoms with van der Waals surface area (Å²) < 4.78 is 0. The van der Waals surface area contributed by atoms with E-state index in [0.29, 0.717) is 10.8 Å². The Bertz CT molecular complexity index is 517. The first kappa shape index (κ1) is 14.5. The Balaban J connectivity index is 1.55. The smallest absolute Gasteiger partial charge is 0.262 e. The third-order valence-electron chi connectivity index (χ3n) is 4.62. The summed E-state index contributed by atoms with van der Waals surface area (Å²) in [5.41, 5.74) is 0. The van der Waals surface area contributed by atoms with Crippen molar-refractivity contribution in [2.45, 2.75) is 37.8 Å². The molecule has 21 heavy (non-hydrogen) atoms. The molecule has 0 aromatic carbocycles. The zero-order valence-corrected chi connectivity index (χ0v) is 12.6. The predicted octanol–water partition coefficient (Wildman–Crippen LogP) is 1.14. The van der Waals surface area contributed by atoms with Gasteiger partial charge in [0.05, 0.1) is 11.5 Å². The molecule has 2 saturated carbocycles. The van der Waals surface area contributed by atoms with Gasteiger partial charge in [0, 0.05) is 6.04 Å². The van der Waals surface area contributed by atoms with E-state index in [9.17, 15) is 14.7 Å². The number of hydrogen-bond acceptors (Lipinski definition) is 4. The Morgan fingerprint density at radius 3 is 2.81 bits per heavy atom. The zero-order chi connectivity index (χ0) is 14.8. The molecule has 0 aliphatic heterocycles. The molecular weight excluding hydrogens is 288 g/mol. The average Bonchev–Trinajstić information content (AvgIpc) is 3.20. The van der Waals surface area contributed by atoms with Gasteiger partial charge in [-0.25, -0.2) is 0 Å². The lowest BCUT2D eigenvalue weighted by molar-refractivity contribution is -0.124. The zero-order valence-electron chi connectivity index (χ0n) is 11.7. The molecule has 6 heteroatoms. The summed E-state index contributed by atoms with van der Waals surface area (Å²) in [6.07, 6.45) is 4.69. The van der Waals surface area contributed by atoms with Gasteiger partial charge in [-0.1, -0.05) is 12.5 Å². The van der Waals surface area contributed by atoms with Gasteiger partial charge in [-0.3, -0.25) is 9.59 Å². The van der Waals surface area contributed by atoms with Crippen molar-refractivity contribution in [1.82, 2.24) is 10.6 Å². The molecule has 2 aliphatic rings. The van der Waals surface area contributed by atoms with Crippen molar-refractivity contribution in [3.8, 4) is 0 Å². The fraction of sp³-hybridized carbons (Fsp3) is 0.600. The van der Waals surface area contributed by atoms with Crippen LogP contribution in [0.5, 0.6) is 0 Å². The van der Waals surface area contributed by atoms with Crippen LogP contribution in [0.1, 0.15) is 35.4 Å². The van der Waals surface area contributed by atoms with Gasteiger partial charge in [-0.05, 0) is 42.5 Å². The summed E-state index contributed by atoms with van der Waals surface area (Å²) in [6, 6.07) is 2.81. The number of hydrogen-bond donors (Lipinski definition) is 3. The number of aliphatic hydroxyl groups is 1. The van der Waals surface area contributed by atoms with Gasteiger partial charge >= 0.3 is 0 Å². The average molecular weight is 308 g/mol. The van der Waals surface area contributed by atoms with Gasteiger partial charge in [-0.2, -0.15) is 0 Å². The van der Waals surface area contributed by atoms with Crippen molar-refractivity contribution in [2.24, 2.45) is 11.8 Å². The number of rotatable bonds is 5. The fourth-order valence-electron chi connectivity index (χ4n) is 3.54. The van der Waals surface area contributed by atoms with Crippen molar-refractivity contribution >= 4 is 23.2 Å². The topological polar surface area (TPSA) is 78.4 Å². The largest absolute Gasteiger partial charge is 0.394 e. The van der Waals surface area contributed by atoms with E-state index in [4.69, 9.17) is 0 Å². The van der Waals surface area contributed by atoms with Gasteiger partial charge in [-0.15, -0.1) is 11.3 Å². The van der Waals surface area contributed by atoms with E-state index in [1.165, 1.54) is 30.6 Å². The number of aliphatic hydroxyl groups excluding tert-OH is 1. The first-order chi connectivity index (χ1) is 10.2. The van der Waals surface area contributed by atoms with Gasteiger partial charge < -0.3 is 15.7 Å². The van der Waals surface area contributed by atoms with Crippen molar-refractivity contribution in [3.63, 3.8) is 0 Å². The molecule has 0 spiro atoms. The van der Waals surface area contributed by atoms with E-state index in [2.05, 4.69) is 10.6 Å². The number of fused-ring (bicyclic) bond motifs is 2. The Morgan fingerprint density at radius 1 is 1.38 bits per heavy atom. The maximum atomic E-state index is 12.2. The molecule has 2 fully saturated rings. The van der Waals surface area contributed by atoms with Crippen LogP contribution in [0.3, 0.4) is 0 Å². The number of thiophene rings is 1. The molecule has 3 N–H and O–H groups in total. The van der Waals surface area contributed by atoms with Crippen molar-refractivity contribution in [2.75, 3.05) is 6.61 Å². The van der Waals surface area contributed by atoms with E-state index in [-0.39, 0.29) is 24.5 Å². The second-order valence-electron chi connectivity index (χ2n) is 5.98. The summed E-state index contributed by atoms with van der Waals surface area (Å²) in [6.45, 7) is -0.385. The molecule has 5 nitrogen and oxygen atoms in total. The Morgan fingerprint density at radius 2 is 2.24 bits per heavy atom. The predicted molar refractivity (Wildman–Crippen MR) is 80.0 cm³/mol. The normalized spacial score (nSPS) is 28.3. The molecule has 4 atom stereocenters. The molecular formula is C15H20N2O3S. The van der Waals surface area contributed by atoms with Crippen LogP contribution in [0.4, 0.5) is 0 Å². The molecule has 3 rings (SSSR count). The van der Waals surface area contributed by atoms with E-state index in [1.54, 1.807) is 17.5 Å². The SMILES string of the molecule is O=C(N[C@@H](CO)C(=O)NC1CC2CCC1C2)c1cccs1. The van der Waals surface area contributed by atoms with Crippen LogP contribution in [0.2, 0.25) is 0 Å². The summed E-state index contributed by atoms with van der Waals surface area (Å²) >= 11 is 1.31. The third kappa shape index (κ3) is 3.11. The maximum Gasteiger partial charge on any atom is 0.262 e. The molecule has 1 aromatic rings. The molecule has 0 saturated heterocycles. The Hall–Kier alpha value is -1.40. The van der Waals surface area contributed by atoms with Crippen molar-refractivity contribution in [3.05, 3.63) is 22.4 Å². The molecule has 1 aromatic heterocycles. The summed E-state index contributed by atoms with van der Waals surface area (Å²) in [4.78, 5) is 24.7. The van der Waals surface area contributed by atoms with Gasteiger partial charge in [0.15, 0.2) is 0 Å². The lowest BCUT2D eigenvalue weighted by Crippen LogP contribution is -2.52. The van der Waals surface area contributed by atoms with Crippen LogP contribution in [-0.4, -0.2) is 35.6 Å². The van der Waals surface area contributed by atoms with Crippen LogP contribution < -0.4 is 10.6 Å². The summed E-state index contributed by atoms with van der Waals surface area (Å²) in [7, 11) is 0. The number of nitrogens with one attached hydrogen (secondary N) is 2. The Kier molecular flexibility index (Phi) is 4.26. The Labute approximate surface area is 127 Å². The van der Waals surface area contributed by atoms with Crippen LogP contribution >= 0.6 is 11.3 Å².